The Balaban J connectivity index is 3.19. The minimum atomic E-state index is -1.26. The molecule has 14 heavy (non-hydrogen) atoms. The van der Waals surface area contributed by atoms with Gasteiger partial charge in [0.1, 0.15) is 11.6 Å². The van der Waals surface area contributed by atoms with E-state index in [1.807, 2.05) is 0 Å². The van der Waals surface area contributed by atoms with Crippen molar-refractivity contribution in [1.29, 1.82) is 0 Å². The number of rotatable bonds is 2. The van der Waals surface area contributed by atoms with Crippen LogP contribution in [0.5, 0.6) is 0 Å². The fraction of sp³-hybridized carbons (Fsp3) is 0. The first-order valence-electron chi connectivity index (χ1n) is 3.57. The molecular weight excluding hydrogens is 214 g/mol. The lowest BCUT2D eigenvalue weighted by atomic mass is 10.2. The lowest BCUT2D eigenvalue weighted by molar-refractivity contribution is -0.131. The Morgan fingerprint density at radius 3 is 2.50 bits per heavy atom. The third-order valence-corrected chi connectivity index (χ3v) is 1.86. The SMILES string of the molecule is O=C(O)C=Cc1c(F)ccc(F)c1Cl. The Hall–Kier alpha value is -1.42. The van der Waals surface area contributed by atoms with E-state index in [9.17, 15) is 13.6 Å². The zero-order valence-electron chi connectivity index (χ0n) is 6.80. The van der Waals surface area contributed by atoms with Gasteiger partial charge in [-0.2, -0.15) is 0 Å². The molecule has 1 aromatic rings. The third-order valence-electron chi connectivity index (χ3n) is 1.47. The first-order valence-corrected chi connectivity index (χ1v) is 3.94. The molecule has 0 aliphatic heterocycles. The Morgan fingerprint density at radius 1 is 1.36 bits per heavy atom. The quantitative estimate of drug-likeness (QED) is 0.612. The number of hydrogen-bond acceptors (Lipinski definition) is 1. The molecule has 0 unspecified atom stereocenters. The number of carboxylic acids is 1. The van der Waals surface area contributed by atoms with Gasteiger partial charge in [0.05, 0.1) is 5.02 Å². The second-order valence-corrected chi connectivity index (χ2v) is 2.81. The summed E-state index contributed by atoms with van der Waals surface area (Å²) in [5.74, 6) is -2.82. The molecular formula is C9H5ClF2O2. The van der Waals surface area contributed by atoms with Gasteiger partial charge in [0.25, 0.3) is 0 Å². The van der Waals surface area contributed by atoms with E-state index in [0.29, 0.717) is 6.08 Å². The number of carboxylic acid groups (broad SMARTS) is 1. The van der Waals surface area contributed by atoms with Crippen LogP contribution < -0.4 is 0 Å². The molecule has 0 bridgehead atoms. The van der Waals surface area contributed by atoms with E-state index in [1.54, 1.807) is 0 Å². The number of benzene rings is 1. The number of halogens is 3. The Labute approximate surface area is 83.4 Å². The Bertz CT molecular complexity index is 402. The second kappa shape index (κ2) is 4.19. The van der Waals surface area contributed by atoms with Crippen LogP contribution in [0, 0.1) is 11.6 Å². The predicted octanol–water partition coefficient (Wildman–Crippen LogP) is 2.72. The van der Waals surface area contributed by atoms with Crippen LogP contribution in [0.15, 0.2) is 18.2 Å². The molecule has 5 heteroatoms. The molecule has 0 aliphatic rings. The fourth-order valence-corrected chi connectivity index (χ4v) is 1.07. The highest BCUT2D eigenvalue weighted by Gasteiger charge is 2.09. The molecule has 0 saturated heterocycles. The minimum Gasteiger partial charge on any atom is -0.478 e. The average Bonchev–Trinajstić information content (AvgIpc) is 2.11. The molecule has 1 N–H and O–H groups in total. The van der Waals surface area contributed by atoms with Crippen LogP contribution in [-0.4, -0.2) is 11.1 Å². The molecule has 0 atom stereocenters. The number of carbonyl (C=O) groups is 1. The van der Waals surface area contributed by atoms with Gasteiger partial charge in [0, 0.05) is 11.6 Å². The highest BCUT2D eigenvalue weighted by Crippen LogP contribution is 2.23. The fourth-order valence-electron chi connectivity index (χ4n) is 0.850. The number of hydrogen-bond donors (Lipinski definition) is 1. The van der Waals surface area contributed by atoms with Gasteiger partial charge >= 0.3 is 5.97 Å². The van der Waals surface area contributed by atoms with Gasteiger partial charge in [-0.1, -0.05) is 11.6 Å². The molecule has 0 fully saturated rings. The Morgan fingerprint density at radius 2 is 1.93 bits per heavy atom. The van der Waals surface area contributed by atoms with Crippen molar-refractivity contribution in [3.63, 3.8) is 0 Å². The van der Waals surface area contributed by atoms with Crippen LogP contribution in [-0.2, 0) is 4.79 Å². The van der Waals surface area contributed by atoms with Crippen LogP contribution in [0.3, 0.4) is 0 Å². The van der Waals surface area contributed by atoms with E-state index in [1.165, 1.54) is 0 Å². The van der Waals surface area contributed by atoms with E-state index in [4.69, 9.17) is 16.7 Å². The van der Waals surface area contributed by atoms with E-state index in [2.05, 4.69) is 0 Å². The Kier molecular flexibility index (Phi) is 3.19. The highest BCUT2D eigenvalue weighted by atomic mass is 35.5. The van der Waals surface area contributed by atoms with Crippen LogP contribution in [0.4, 0.5) is 8.78 Å². The molecule has 0 radical (unpaired) electrons. The summed E-state index contributed by atoms with van der Waals surface area (Å²) in [7, 11) is 0. The van der Waals surface area contributed by atoms with Crippen molar-refractivity contribution < 1.29 is 18.7 Å². The lowest BCUT2D eigenvalue weighted by Gasteiger charge is -2.00. The molecule has 0 aromatic heterocycles. The van der Waals surface area contributed by atoms with E-state index < -0.39 is 22.6 Å². The zero-order chi connectivity index (χ0) is 10.7. The summed E-state index contributed by atoms with van der Waals surface area (Å²) < 4.78 is 25.8. The van der Waals surface area contributed by atoms with E-state index >= 15 is 0 Å². The van der Waals surface area contributed by atoms with Crippen LogP contribution in [0.1, 0.15) is 5.56 Å². The van der Waals surface area contributed by atoms with Crippen LogP contribution in [0.2, 0.25) is 5.02 Å². The van der Waals surface area contributed by atoms with Crippen molar-refractivity contribution in [2.75, 3.05) is 0 Å². The zero-order valence-corrected chi connectivity index (χ0v) is 7.55. The molecule has 0 saturated carbocycles. The average molecular weight is 219 g/mol. The smallest absolute Gasteiger partial charge is 0.328 e. The summed E-state index contributed by atoms with van der Waals surface area (Å²) >= 11 is 5.42. The van der Waals surface area contributed by atoms with Crippen molar-refractivity contribution in [3.05, 3.63) is 40.4 Å². The predicted molar refractivity (Wildman–Crippen MR) is 48.0 cm³/mol. The maximum Gasteiger partial charge on any atom is 0.328 e. The van der Waals surface area contributed by atoms with Crippen molar-refractivity contribution in [2.24, 2.45) is 0 Å². The molecule has 0 spiro atoms. The topological polar surface area (TPSA) is 37.3 Å². The second-order valence-electron chi connectivity index (χ2n) is 2.43. The standard InChI is InChI=1S/C9H5ClF2O2/c10-9-5(1-4-8(13)14)6(11)2-3-7(9)12/h1-4H,(H,13,14). The third kappa shape index (κ3) is 2.29. The molecule has 74 valence electrons. The van der Waals surface area contributed by atoms with Gasteiger partial charge < -0.3 is 5.11 Å². The summed E-state index contributed by atoms with van der Waals surface area (Å²) in [4.78, 5) is 10.1. The van der Waals surface area contributed by atoms with Crippen molar-refractivity contribution in [3.8, 4) is 0 Å². The summed E-state index contributed by atoms with van der Waals surface area (Å²) in [6.45, 7) is 0. The number of aliphatic carboxylic acids is 1. The van der Waals surface area contributed by atoms with Crippen molar-refractivity contribution in [2.45, 2.75) is 0 Å². The van der Waals surface area contributed by atoms with Crippen LogP contribution in [0.25, 0.3) is 6.08 Å². The largest absolute Gasteiger partial charge is 0.478 e. The van der Waals surface area contributed by atoms with Gasteiger partial charge in [0.2, 0.25) is 0 Å². The van der Waals surface area contributed by atoms with Gasteiger partial charge in [-0.15, -0.1) is 0 Å². The van der Waals surface area contributed by atoms with Gasteiger partial charge in [-0.25, -0.2) is 13.6 Å². The monoisotopic (exact) mass is 218 g/mol. The lowest BCUT2D eigenvalue weighted by Crippen LogP contribution is -1.90. The molecule has 1 rings (SSSR count). The van der Waals surface area contributed by atoms with Gasteiger partial charge in [-0.3, -0.25) is 0 Å². The van der Waals surface area contributed by atoms with Crippen LogP contribution >= 0.6 is 11.6 Å². The van der Waals surface area contributed by atoms with Gasteiger partial charge in [-0.05, 0) is 18.2 Å². The summed E-state index contributed by atoms with van der Waals surface area (Å²) in [5.41, 5.74) is -0.269. The molecule has 1 aromatic carbocycles. The molecule has 0 heterocycles. The van der Waals surface area contributed by atoms with E-state index in [-0.39, 0.29) is 5.56 Å². The molecule has 0 amide bonds. The maximum absolute atomic E-state index is 13.0. The summed E-state index contributed by atoms with van der Waals surface area (Å²) in [5, 5.41) is 7.85. The summed E-state index contributed by atoms with van der Waals surface area (Å²) in [6, 6.07) is 1.75. The molecule has 2 nitrogen and oxygen atoms in total. The van der Waals surface area contributed by atoms with Crippen molar-refractivity contribution in [1.82, 2.24) is 0 Å². The van der Waals surface area contributed by atoms with Crippen molar-refractivity contribution >= 4 is 23.6 Å². The highest BCUT2D eigenvalue weighted by molar-refractivity contribution is 6.32. The van der Waals surface area contributed by atoms with E-state index in [0.717, 1.165) is 18.2 Å². The first-order chi connectivity index (χ1) is 6.52. The minimum absolute atomic E-state index is 0.269. The first kappa shape index (κ1) is 10.7. The van der Waals surface area contributed by atoms with Gasteiger partial charge in [0.15, 0.2) is 0 Å². The summed E-state index contributed by atoms with van der Waals surface area (Å²) in [6.07, 6.45) is 1.59. The normalized spacial score (nSPS) is 10.8. The maximum atomic E-state index is 13.0. The molecule has 0 aliphatic carbocycles.